The molecule has 0 saturated carbocycles. The zero-order valence-electron chi connectivity index (χ0n) is 10.1. The molecule has 0 heterocycles. The van der Waals surface area contributed by atoms with Gasteiger partial charge in [0.15, 0.2) is 0 Å². The monoisotopic (exact) mass is 241 g/mol. The third-order valence-corrected chi connectivity index (χ3v) is 2.26. The molecule has 0 aliphatic carbocycles. The fourth-order valence-corrected chi connectivity index (χ4v) is 1.41. The highest BCUT2D eigenvalue weighted by molar-refractivity contribution is 6.59. The molecule has 1 rings (SSSR count). The second-order valence-corrected chi connectivity index (χ2v) is 4.06. The van der Waals surface area contributed by atoms with Gasteiger partial charge in [-0.05, 0) is 26.6 Å². The van der Waals surface area contributed by atoms with Crippen molar-refractivity contribution in [2.24, 2.45) is 0 Å². The zero-order valence-corrected chi connectivity index (χ0v) is 10.1. The first kappa shape index (κ1) is 14.0. The van der Waals surface area contributed by atoms with E-state index in [1.165, 1.54) is 12.1 Å². The average Bonchev–Trinajstić information content (AvgIpc) is 2.23. The summed E-state index contributed by atoms with van der Waals surface area (Å²) in [6, 6.07) is 3.63. The summed E-state index contributed by atoms with van der Waals surface area (Å²) < 4.78 is 18.3. The molecule has 6 heteroatoms. The molecule has 94 valence electrons. The molecular formula is C11H17BFNO3. The van der Waals surface area contributed by atoms with E-state index in [1.54, 1.807) is 0 Å². The van der Waals surface area contributed by atoms with Crippen LogP contribution in [0.3, 0.4) is 0 Å². The summed E-state index contributed by atoms with van der Waals surface area (Å²) in [7, 11) is 2.25. The third kappa shape index (κ3) is 4.72. The SMILES string of the molecule is CN(C)CCCOc1cc(F)ccc1B(O)O. The van der Waals surface area contributed by atoms with Gasteiger partial charge in [0.05, 0.1) is 6.61 Å². The summed E-state index contributed by atoms with van der Waals surface area (Å²) in [6.07, 6.45) is 0.782. The van der Waals surface area contributed by atoms with Crippen molar-refractivity contribution in [2.45, 2.75) is 6.42 Å². The van der Waals surface area contributed by atoms with E-state index in [9.17, 15) is 4.39 Å². The first-order valence-corrected chi connectivity index (χ1v) is 5.44. The Bertz CT molecular complexity index is 361. The number of hydrogen-bond donors (Lipinski definition) is 2. The van der Waals surface area contributed by atoms with Gasteiger partial charge in [0.2, 0.25) is 0 Å². The van der Waals surface area contributed by atoms with Crippen LogP contribution in [0.2, 0.25) is 0 Å². The maximum atomic E-state index is 13.0. The van der Waals surface area contributed by atoms with Crippen LogP contribution < -0.4 is 10.2 Å². The minimum atomic E-state index is -1.65. The molecule has 1 aromatic rings. The highest BCUT2D eigenvalue weighted by Gasteiger charge is 2.17. The van der Waals surface area contributed by atoms with Crippen molar-refractivity contribution in [1.29, 1.82) is 0 Å². The maximum absolute atomic E-state index is 13.0. The van der Waals surface area contributed by atoms with Gasteiger partial charge >= 0.3 is 7.12 Å². The quantitative estimate of drug-likeness (QED) is 0.536. The second kappa shape index (κ2) is 6.59. The highest BCUT2D eigenvalue weighted by atomic mass is 19.1. The van der Waals surface area contributed by atoms with Crippen LogP contribution in [-0.2, 0) is 0 Å². The van der Waals surface area contributed by atoms with Crippen molar-refractivity contribution >= 4 is 12.6 Å². The van der Waals surface area contributed by atoms with Gasteiger partial charge in [-0.2, -0.15) is 0 Å². The lowest BCUT2D eigenvalue weighted by molar-refractivity contribution is 0.281. The Balaban J connectivity index is 2.59. The molecule has 0 fully saturated rings. The Morgan fingerprint density at radius 1 is 1.35 bits per heavy atom. The molecule has 4 nitrogen and oxygen atoms in total. The van der Waals surface area contributed by atoms with Gasteiger partial charge in [-0.3, -0.25) is 0 Å². The highest BCUT2D eigenvalue weighted by Crippen LogP contribution is 2.10. The Hall–Kier alpha value is -1.11. The molecule has 2 N–H and O–H groups in total. The van der Waals surface area contributed by atoms with Crippen LogP contribution in [0.15, 0.2) is 18.2 Å². The Labute approximate surface area is 101 Å². The summed E-state index contributed by atoms with van der Waals surface area (Å²) in [5.74, 6) is -0.282. The van der Waals surface area contributed by atoms with E-state index in [2.05, 4.69) is 0 Å². The summed E-state index contributed by atoms with van der Waals surface area (Å²) in [5, 5.41) is 18.2. The van der Waals surface area contributed by atoms with E-state index in [1.807, 2.05) is 19.0 Å². The van der Waals surface area contributed by atoms with Gasteiger partial charge < -0.3 is 19.7 Å². The number of halogens is 1. The number of rotatable bonds is 6. The minimum Gasteiger partial charge on any atom is -0.494 e. The van der Waals surface area contributed by atoms with Crippen LogP contribution in [0.5, 0.6) is 5.75 Å². The van der Waals surface area contributed by atoms with Crippen molar-refractivity contribution in [3.8, 4) is 5.75 Å². The van der Waals surface area contributed by atoms with Crippen molar-refractivity contribution in [3.63, 3.8) is 0 Å². The van der Waals surface area contributed by atoms with Gasteiger partial charge in [0.1, 0.15) is 11.6 Å². The van der Waals surface area contributed by atoms with E-state index < -0.39 is 12.9 Å². The Morgan fingerprint density at radius 2 is 2.06 bits per heavy atom. The molecule has 0 atom stereocenters. The number of hydrogen-bond acceptors (Lipinski definition) is 4. The first-order chi connectivity index (χ1) is 8.00. The molecule has 0 unspecified atom stereocenters. The van der Waals surface area contributed by atoms with Gasteiger partial charge in [-0.1, -0.05) is 6.07 Å². The predicted molar refractivity (Wildman–Crippen MR) is 64.9 cm³/mol. The van der Waals surface area contributed by atoms with E-state index >= 15 is 0 Å². The van der Waals surface area contributed by atoms with Gasteiger partial charge in [0.25, 0.3) is 0 Å². The first-order valence-electron chi connectivity index (χ1n) is 5.44. The van der Waals surface area contributed by atoms with Crippen molar-refractivity contribution in [2.75, 3.05) is 27.2 Å². The fourth-order valence-electron chi connectivity index (χ4n) is 1.41. The molecule has 0 aliphatic heterocycles. The van der Waals surface area contributed by atoms with Crippen LogP contribution in [0.4, 0.5) is 4.39 Å². The molecule has 0 saturated heterocycles. The Kier molecular flexibility index (Phi) is 5.41. The molecule has 17 heavy (non-hydrogen) atoms. The second-order valence-electron chi connectivity index (χ2n) is 4.06. The summed E-state index contributed by atoms with van der Waals surface area (Å²) >= 11 is 0. The van der Waals surface area contributed by atoms with E-state index in [-0.39, 0.29) is 11.2 Å². The predicted octanol–water partition coefficient (Wildman–Crippen LogP) is -0.164. The van der Waals surface area contributed by atoms with E-state index in [4.69, 9.17) is 14.8 Å². The van der Waals surface area contributed by atoms with Gasteiger partial charge in [-0.15, -0.1) is 0 Å². The number of benzene rings is 1. The lowest BCUT2D eigenvalue weighted by Crippen LogP contribution is -2.31. The van der Waals surface area contributed by atoms with Crippen LogP contribution in [0.25, 0.3) is 0 Å². The maximum Gasteiger partial charge on any atom is 0.492 e. The molecular weight excluding hydrogens is 224 g/mol. The zero-order chi connectivity index (χ0) is 12.8. The minimum absolute atomic E-state index is 0.177. The molecule has 0 radical (unpaired) electrons. The van der Waals surface area contributed by atoms with Crippen molar-refractivity contribution in [1.82, 2.24) is 4.90 Å². The van der Waals surface area contributed by atoms with Crippen LogP contribution >= 0.6 is 0 Å². The van der Waals surface area contributed by atoms with E-state index in [0.29, 0.717) is 6.61 Å². The summed E-state index contributed by atoms with van der Waals surface area (Å²) in [5.41, 5.74) is 0.177. The lowest BCUT2D eigenvalue weighted by Gasteiger charge is -2.13. The molecule has 0 amide bonds. The van der Waals surface area contributed by atoms with Gasteiger partial charge in [0, 0.05) is 18.1 Å². The van der Waals surface area contributed by atoms with Crippen LogP contribution in [-0.4, -0.2) is 49.3 Å². The molecule has 0 bridgehead atoms. The normalized spacial score (nSPS) is 10.7. The fraction of sp³-hybridized carbons (Fsp3) is 0.455. The summed E-state index contributed by atoms with van der Waals surface area (Å²) in [4.78, 5) is 2.01. The topological polar surface area (TPSA) is 52.9 Å². The Morgan fingerprint density at radius 3 is 2.65 bits per heavy atom. The third-order valence-electron chi connectivity index (χ3n) is 2.26. The summed E-state index contributed by atoms with van der Waals surface area (Å²) in [6.45, 7) is 1.26. The molecule has 1 aromatic carbocycles. The average molecular weight is 241 g/mol. The number of ether oxygens (including phenoxy) is 1. The standard InChI is InChI=1S/C11H17BFNO3/c1-14(2)6-3-7-17-11-8-9(13)4-5-10(11)12(15)16/h4-5,8,15-16H,3,6-7H2,1-2H3. The molecule has 0 spiro atoms. The van der Waals surface area contributed by atoms with Crippen LogP contribution in [0, 0.1) is 5.82 Å². The van der Waals surface area contributed by atoms with Gasteiger partial charge in [-0.25, -0.2) is 4.39 Å². The molecule has 0 aromatic heterocycles. The number of nitrogens with zero attached hydrogens (tertiary/aromatic N) is 1. The van der Waals surface area contributed by atoms with Crippen molar-refractivity contribution in [3.05, 3.63) is 24.0 Å². The van der Waals surface area contributed by atoms with Crippen molar-refractivity contribution < 1.29 is 19.2 Å². The smallest absolute Gasteiger partial charge is 0.492 e. The van der Waals surface area contributed by atoms with E-state index in [0.717, 1.165) is 19.0 Å². The van der Waals surface area contributed by atoms with Crippen LogP contribution in [0.1, 0.15) is 6.42 Å². The largest absolute Gasteiger partial charge is 0.494 e. The lowest BCUT2D eigenvalue weighted by atomic mass is 9.79. The molecule has 0 aliphatic rings.